The van der Waals surface area contributed by atoms with Crippen molar-refractivity contribution < 1.29 is 18.0 Å². The van der Waals surface area contributed by atoms with Crippen molar-refractivity contribution in [3.8, 4) is 0 Å². The van der Waals surface area contributed by atoms with Crippen LogP contribution in [0.3, 0.4) is 0 Å². The molecule has 0 aliphatic rings. The number of rotatable bonds is 4. The van der Waals surface area contributed by atoms with Crippen molar-refractivity contribution >= 4 is 11.6 Å². The SMILES string of the molecule is O=C(CCc1ccc(F)cc1)Nc1cc(F)ccc1F. The second kappa shape index (κ2) is 6.23. The number of amides is 1. The quantitative estimate of drug-likeness (QED) is 0.909. The Hall–Kier alpha value is -2.30. The van der Waals surface area contributed by atoms with E-state index in [9.17, 15) is 18.0 Å². The van der Waals surface area contributed by atoms with Gasteiger partial charge in [0, 0.05) is 12.5 Å². The zero-order chi connectivity index (χ0) is 14.5. The number of anilines is 1. The maximum absolute atomic E-state index is 13.3. The number of hydrogen-bond acceptors (Lipinski definition) is 1. The molecule has 0 saturated carbocycles. The molecule has 5 heteroatoms. The summed E-state index contributed by atoms with van der Waals surface area (Å²) in [6.45, 7) is 0. The molecule has 2 nitrogen and oxygen atoms in total. The topological polar surface area (TPSA) is 29.1 Å². The molecule has 0 heterocycles. The van der Waals surface area contributed by atoms with E-state index in [1.807, 2.05) is 0 Å². The predicted molar refractivity (Wildman–Crippen MR) is 69.7 cm³/mol. The van der Waals surface area contributed by atoms with Crippen LogP contribution in [-0.2, 0) is 11.2 Å². The fourth-order valence-electron chi connectivity index (χ4n) is 1.71. The Kier molecular flexibility index (Phi) is 4.40. The van der Waals surface area contributed by atoms with Crippen LogP contribution in [0.1, 0.15) is 12.0 Å². The molecule has 0 radical (unpaired) electrons. The first-order valence-electron chi connectivity index (χ1n) is 6.04. The molecular formula is C15H12F3NO. The van der Waals surface area contributed by atoms with Crippen LogP contribution < -0.4 is 5.32 Å². The van der Waals surface area contributed by atoms with E-state index in [-0.39, 0.29) is 17.9 Å². The Morgan fingerprint density at radius 1 is 0.950 bits per heavy atom. The maximum Gasteiger partial charge on any atom is 0.224 e. The molecule has 0 aliphatic heterocycles. The standard InChI is InChI=1S/C15H12F3NO/c16-11-4-1-10(2-5-11)3-8-15(20)19-14-9-12(17)6-7-13(14)18/h1-2,4-7,9H,3,8H2,(H,19,20). The molecule has 0 saturated heterocycles. The molecule has 2 aromatic carbocycles. The summed E-state index contributed by atoms with van der Waals surface area (Å²) in [5.41, 5.74) is 0.607. The zero-order valence-electron chi connectivity index (χ0n) is 10.5. The first-order chi connectivity index (χ1) is 9.54. The van der Waals surface area contributed by atoms with E-state index in [2.05, 4.69) is 5.32 Å². The van der Waals surface area contributed by atoms with E-state index in [0.29, 0.717) is 6.42 Å². The molecule has 2 aromatic rings. The van der Waals surface area contributed by atoms with Gasteiger partial charge in [-0.3, -0.25) is 4.79 Å². The Morgan fingerprint density at radius 2 is 1.60 bits per heavy atom. The van der Waals surface area contributed by atoms with Crippen molar-refractivity contribution in [2.75, 3.05) is 5.32 Å². The molecule has 0 fully saturated rings. The van der Waals surface area contributed by atoms with Crippen LogP contribution in [0.5, 0.6) is 0 Å². The summed E-state index contributed by atoms with van der Waals surface area (Å²) < 4.78 is 38.9. The summed E-state index contributed by atoms with van der Waals surface area (Å²) in [4.78, 5) is 11.6. The smallest absolute Gasteiger partial charge is 0.224 e. The molecule has 1 N–H and O–H groups in total. The summed E-state index contributed by atoms with van der Waals surface area (Å²) in [5.74, 6) is -2.10. The van der Waals surface area contributed by atoms with Gasteiger partial charge in [-0.25, -0.2) is 13.2 Å². The van der Waals surface area contributed by atoms with Crippen LogP contribution in [0.2, 0.25) is 0 Å². The van der Waals surface area contributed by atoms with E-state index in [0.717, 1.165) is 23.8 Å². The average Bonchev–Trinajstić information content (AvgIpc) is 2.42. The van der Waals surface area contributed by atoms with Crippen LogP contribution in [0.4, 0.5) is 18.9 Å². The Bertz CT molecular complexity index is 611. The molecule has 0 unspecified atom stereocenters. The number of halogens is 3. The van der Waals surface area contributed by atoms with Crippen molar-refractivity contribution in [3.05, 3.63) is 65.5 Å². The maximum atomic E-state index is 13.3. The molecule has 2 rings (SSSR count). The largest absolute Gasteiger partial charge is 0.324 e. The van der Waals surface area contributed by atoms with Crippen molar-refractivity contribution in [2.24, 2.45) is 0 Å². The summed E-state index contributed by atoms with van der Waals surface area (Å²) in [6.07, 6.45) is 0.491. The summed E-state index contributed by atoms with van der Waals surface area (Å²) in [5, 5.41) is 2.30. The number of aryl methyl sites for hydroxylation is 1. The second-order valence-electron chi connectivity index (χ2n) is 4.30. The molecule has 20 heavy (non-hydrogen) atoms. The lowest BCUT2D eigenvalue weighted by Gasteiger charge is -2.06. The molecular weight excluding hydrogens is 267 g/mol. The normalized spacial score (nSPS) is 10.3. The minimum atomic E-state index is -0.693. The number of carbonyl (C=O) groups excluding carboxylic acids is 1. The van der Waals surface area contributed by atoms with Crippen LogP contribution in [0.15, 0.2) is 42.5 Å². The lowest BCUT2D eigenvalue weighted by atomic mass is 10.1. The number of nitrogens with one attached hydrogen (secondary N) is 1. The molecule has 104 valence electrons. The van der Waals surface area contributed by atoms with Crippen LogP contribution in [-0.4, -0.2) is 5.91 Å². The monoisotopic (exact) mass is 279 g/mol. The van der Waals surface area contributed by atoms with E-state index < -0.39 is 17.5 Å². The van der Waals surface area contributed by atoms with Gasteiger partial charge in [0.05, 0.1) is 5.69 Å². The minimum Gasteiger partial charge on any atom is -0.324 e. The molecule has 0 aromatic heterocycles. The Balaban J connectivity index is 1.92. The van der Waals surface area contributed by atoms with Crippen LogP contribution in [0.25, 0.3) is 0 Å². The van der Waals surface area contributed by atoms with Crippen molar-refractivity contribution in [3.63, 3.8) is 0 Å². The van der Waals surface area contributed by atoms with Gasteiger partial charge in [-0.05, 0) is 36.2 Å². The Labute approximate surface area is 114 Å². The van der Waals surface area contributed by atoms with Gasteiger partial charge in [0.15, 0.2) is 0 Å². The molecule has 1 amide bonds. The zero-order valence-corrected chi connectivity index (χ0v) is 10.5. The van der Waals surface area contributed by atoms with E-state index >= 15 is 0 Å². The highest BCUT2D eigenvalue weighted by molar-refractivity contribution is 5.90. The van der Waals surface area contributed by atoms with Gasteiger partial charge in [-0.2, -0.15) is 0 Å². The van der Waals surface area contributed by atoms with Gasteiger partial charge in [0.25, 0.3) is 0 Å². The lowest BCUT2D eigenvalue weighted by molar-refractivity contribution is -0.116. The summed E-state index contributed by atoms with van der Waals surface area (Å²) >= 11 is 0. The fourth-order valence-corrected chi connectivity index (χ4v) is 1.71. The first-order valence-corrected chi connectivity index (χ1v) is 6.04. The van der Waals surface area contributed by atoms with Gasteiger partial charge in [0.1, 0.15) is 17.5 Å². The first kappa shape index (κ1) is 14.1. The highest BCUT2D eigenvalue weighted by Crippen LogP contribution is 2.16. The predicted octanol–water partition coefficient (Wildman–Crippen LogP) is 3.68. The summed E-state index contributed by atoms with van der Waals surface area (Å²) in [6, 6.07) is 8.61. The van der Waals surface area contributed by atoms with Crippen molar-refractivity contribution in [1.29, 1.82) is 0 Å². The minimum absolute atomic E-state index is 0.0988. The number of benzene rings is 2. The third-order valence-corrected chi connectivity index (χ3v) is 2.76. The lowest BCUT2D eigenvalue weighted by Crippen LogP contribution is -2.13. The highest BCUT2D eigenvalue weighted by Gasteiger charge is 2.08. The Morgan fingerprint density at radius 3 is 2.30 bits per heavy atom. The van der Waals surface area contributed by atoms with E-state index in [1.54, 1.807) is 12.1 Å². The van der Waals surface area contributed by atoms with Gasteiger partial charge in [-0.15, -0.1) is 0 Å². The molecule has 0 aliphatic carbocycles. The van der Waals surface area contributed by atoms with E-state index in [4.69, 9.17) is 0 Å². The fraction of sp³-hybridized carbons (Fsp3) is 0.133. The number of hydrogen-bond donors (Lipinski definition) is 1. The van der Waals surface area contributed by atoms with Gasteiger partial charge < -0.3 is 5.32 Å². The number of carbonyl (C=O) groups is 1. The van der Waals surface area contributed by atoms with Crippen LogP contribution >= 0.6 is 0 Å². The van der Waals surface area contributed by atoms with Crippen LogP contribution in [0, 0.1) is 17.5 Å². The second-order valence-corrected chi connectivity index (χ2v) is 4.30. The molecule has 0 atom stereocenters. The van der Waals surface area contributed by atoms with Gasteiger partial charge in [0.2, 0.25) is 5.91 Å². The summed E-state index contributed by atoms with van der Waals surface area (Å²) in [7, 11) is 0. The van der Waals surface area contributed by atoms with E-state index in [1.165, 1.54) is 12.1 Å². The average molecular weight is 279 g/mol. The molecule has 0 bridgehead atoms. The highest BCUT2D eigenvalue weighted by atomic mass is 19.1. The van der Waals surface area contributed by atoms with Gasteiger partial charge >= 0.3 is 0 Å². The van der Waals surface area contributed by atoms with Crippen molar-refractivity contribution in [2.45, 2.75) is 12.8 Å². The van der Waals surface area contributed by atoms with Gasteiger partial charge in [-0.1, -0.05) is 12.1 Å². The third-order valence-electron chi connectivity index (χ3n) is 2.76. The third kappa shape index (κ3) is 3.85. The molecule has 0 spiro atoms. The van der Waals surface area contributed by atoms with Crippen molar-refractivity contribution in [1.82, 2.24) is 0 Å².